The van der Waals surface area contributed by atoms with E-state index in [-0.39, 0.29) is 0 Å². The van der Waals surface area contributed by atoms with Crippen molar-refractivity contribution in [3.8, 4) is 0 Å². The summed E-state index contributed by atoms with van der Waals surface area (Å²) in [6.07, 6.45) is 7.33. The van der Waals surface area contributed by atoms with Crippen molar-refractivity contribution in [1.29, 1.82) is 0 Å². The number of hydrogen-bond acceptors (Lipinski definition) is 2. The summed E-state index contributed by atoms with van der Waals surface area (Å²) in [5.74, 6) is 4.98. The SMILES string of the molecule is CN1C(=O)CNCC1C1C2CC3CC(C2)CC1C3. The zero-order valence-corrected chi connectivity index (χ0v) is 11.3. The van der Waals surface area contributed by atoms with Crippen LogP contribution >= 0.6 is 0 Å². The van der Waals surface area contributed by atoms with Crippen LogP contribution in [0.1, 0.15) is 32.1 Å². The standard InChI is InChI=1S/C15H24N2O/c1-17-13(7-16-8-14(17)18)15-11-3-9-2-10(5-11)6-12(15)4-9/h9-13,15-16H,2-8H2,1H3. The van der Waals surface area contributed by atoms with Crippen molar-refractivity contribution < 1.29 is 4.79 Å². The maximum atomic E-state index is 11.9. The van der Waals surface area contributed by atoms with Crippen LogP contribution < -0.4 is 5.32 Å². The molecule has 0 aromatic heterocycles. The molecule has 1 saturated heterocycles. The predicted octanol–water partition coefficient (Wildman–Crippen LogP) is 1.49. The summed E-state index contributed by atoms with van der Waals surface area (Å²) in [7, 11) is 2.03. The van der Waals surface area contributed by atoms with Crippen molar-refractivity contribution in [3.05, 3.63) is 0 Å². The number of nitrogens with zero attached hydrogens (tertiary/aromatic N) is 1. The van der Waals surface area contributed by atoms with Gasteiger partial charge in [0.15, 0.2) is 0 Å². The maximum absolute atomic E-state index is 11.9. The van der Waals surface area contributed by atoms with E-state index in [4.69, 9.17) is 0 Å². The highest BCUT2D eigenvalue weighted by atomic mass is 16.2. The number of amides is 1. The molecule has 4 bridgehead atoms. The molecule has 1 amide bonds. The lowest BCUT2D eigenvalue weighted by atomic mass is 9.50. The molecule has 4 aliphatic carbocycles. The van der Waals surface area contributed by atoms with E-state index in [2.05, 4.69) is 10.2 Å². The molecule has 3 nitrogen and oxygen atoms in total. The number of nitrogens with one attached hydrogen (secondary N) is 1. The fourth-order valence-electron chi connectivity index (χ4n) is 5.76. The second kappa shape index (κ2) is 3.96. The number of hydrogen-bond donors (Lipinski definition) is 1. The number of rotatable bonds is 1. The Morgan fingerprint density at radius 2 is 1.67 bits per heavy atom. The number of carbonyl (C=O) groups is 1. The first-order chi connectivity index (χ1) is 8.72. The van der Waals surface area contributed by atoms with Gasteiger partial charge in [-0.15, -0.1) is 0 Å². The summed E-state index contributed by atoms with van der Waals surface area (Å²) in [4.78, 5) is 14.0. The van der Waals surface area contributed by atoms with Gasteiger partial charge in [0.1, 0.15) is 0 Å². The highest BCUT2D eigenvalue weighted by molar-refractivity contribution is 5.79. The van der Waals surface area contributed by atoms with Crippen LogP contribution in [-0.2, 0) is 4.79 Å². The van der Waals surface area contributed by atoms with Gasteiger partial charge >= 0.3 is 0 Å². The molecule has 0 aromatic rings. The number of likely N-dealkylation sites (N-methyl/N-ethyl adjacent to an activating group) is 1. The Balaban J connectivity index is 1.59. The fraction of sp³-hybridized carbons (Fsp3) is 0.933. The monoisotopic (exact) mass is 248 g/mol. The molecule has 1 atom stereocenters. The van der Waals surface area contributed by atoms with Crippen molar-refractivity contribution in [1.82, 2.24) is 10.2 Å². The molecule has 5 fully saturated rings. The third-order valence-electron chi connectivity index (χ3n) is 6.26. The zero-order chi connectivity index (χ0) is 12.3. The molecule has 1 unspecified atom stereocenters. The average molecular weight is 248 g/mol. The first-order valence-corrected chi connectivity index (χ1v) is 7.68. The molecule has 100 valence electrons. The van der Waals surface area contributed by atoms with E-state index in [9.17, 15) is 4.79 Å². The highest BCUT2D eigenvalue weighted by Gasteiger charge is 2.51. The zero-order valence-electron chi connectivity index (χ0n) is 11.3. The van der Waals surface area contributed by atoms with E-state index in [0.717, 1.165) is 36.1 Å². The Morgan fingerprint density at radius 3 is 2.28 bits per heavy atom. The molecule has 0 aromatic carbocycles. The summed E-state index contributed by atoms with van der Waals surface area (Å²) in [6, 6.07) is 0.473. The third kappa shape index (κ3) is 1.56. The van der Waals surface area contributed by atoms with E-state index >= 15 is 0 Å². The molecule has 1 heterocycles. The molecule has 0 radical (unpaired) electrons. The van der Waals surface area contributed by atoms with Crippen LogP contribution in [0.25, 0.3) is 0 Å². The smallest absolute Gasteiger partial charge is 0.236 e. The van der Waals surface area contributed by atoms with Gasteiger partial charge in [0.05, 0.1) is 6.54 Å². The second-order valence-corrected chi connectivity index (χ2v) is 7.21. The van der Waals surface area contributed by atoms with Crippen LogP contribution in [0.15, 0.2) is 0 Å². The molecule has 3 heteroatoms. The second-order valence-electron chi connectivity index (χ2n) is 7.21. The van der Waals surface area contributed by atoms with Gasteiger partial charge in [-0.2, -0.15) is 0 Å². The van der Waals surface area contributed by atoms with Crippen molar-refractivity contribution in [3.63, 3.8) is 0 Å². The summed E-state index contributed by atoms with van der Waals surface area (Å²) in [5.41, 5.74) is 0. The van der Waals surface area contributed by atoms with E-state index in [1.807, 2.05) is 7.05 Å². The molecule has 1 aliphatic heterocycles. The molecule has 5 rings (SSSR count). The van der Waals surface area contributed by atoms with Crippen LogP contribution in [0.5, 0.6) is 0 Å². The Morgan fingerprint density at radius 1 is 1.06 bits per heavy atom. The predicted molar refractivity (Wildman–Crippen MR) is 70.0 cm³/mol. The average Bonchev–Trinajstić information content (AvgIpc) is 2.33. The van der Waals surface area contributed by atoms with Crippen molar-refractivity contribution in [2.45, 2.75) is 38.1 Å². The van der Waals surface area contributed by atoms with Gasteiger partial charge in [0.25, 0.3) is 0 Å². The van der Waals surface area contributed by atoms with Crippen molar-refractivity contribution in [2.75, 3.05) is 20.1 Å². The minimum Gasteiger partial charge on any atom is -0.340 e. The minimum atomic E-state index is 0.292. The molecular formula is C15H24N2O. The van der Waals surface area contributed by atoms with E-state index in [1.54, 1.807) is 0 Å². The lowest BCUT2D eigenvalue weighted by Crippen LogP contribution is -2.61. The van der Waals surface area contributed by atoms with Crippen molar-refractivity contribution in [2.24, 2.45) is 29.6 Å². The Hall–Kier alpha value is -0.570. The summed E-state index contributed by atoms with van der Waals surface area (Å²) < 4.78 is 0. The molecule has 1 N–H and O–H groups in total. The van der Waals surface area contributed by atoms with Gasteiger partial charge < -0.3 is 10.2 Å². The van der Waals surface area contributed by atoms with Crippen molar-refractivity contribution >= 4 is 5.91 Å². The lowest BCUT2D eigenvalue weighted by molar-refractivity contribution is -0.140. The van der Waals surface area contributed by atoms with Gasteiger partial charge in [0, 0.05) is 19.6 Å². The molecule has 5 aliphatic rings. The van der Waals surface area contributed by atoms with Gasteiger partial charge in [0.2, 0.25) is 5.91 Å². The molecule has 18 heavy (non-hydrogen) atoms. The van der Waals surface area contributed by atoms with Crippen LogP contribution in [-0.4, -0.2) is 37.0 Å². The number of carbonyl (C=O) groups excluding carboxylic acids is 1. The van der Waals surface area contributed by atoms with Gasteiger partial charge in [-0.1, -0.05) is 0 Å². The van der Waals surface area contributed by atoms with Crippen LogP contribution in [0.4, 0.5) is 0 Å². The van der Waals surface area contributed by atoms with E-state index in [0.29, 0.717) is 18.5 Å². The fourth-order valence-corrected chi connectivity index (χ4v) is 5.76. The molecular weight excluding hydrogens is 224 g/mol. The van der Waals surface area contributed by atoms with Gasteiger partial charge in [-0.25, -0.2) is 0 Å². The normalized spacial score (nSPS) is 50.9. The largest absolute Gasteiger partial charge is 0.340 e. The van der Waals surface area contributed by atoms with E-state index in [1.165, 1.54) is 32.1 Å². The molecule has 4 saturated carbocycles. The maximum Gasteiger partial charge on any atom is 0.236 e. The van der Waals surface area contributed by atoms with Crippen LogP contribution in [0.3, 0.4) is 0 Å². The lowest BCUT2D eigenvalue weighted by Gasteiger charge is -2.58. The Kier molecular flexibility index (Phi) is 2.48. The molecule has 0 spiro atoms. The first kappa shape index (κ1) is 11.3. The summed E-state index contributed by atoms with van der Waals surface area (Å²) in [5, 5.41) is 3.33. The van der Waals surface area contributed by atoms with Crippen LogP contribution in [0, 0.1) is 29.6 Å². The van der Waals surface area contributed by atoms with Crippen LogP contribution in [0.2, 0.25) is 0 Å². The Labute approximate surface area is 109 Å². The topological polar surface area (TPSA) is 32.3 Å². The van der Waals surface area contributed by atoms with Gasteiger partial charge in [-0.3, -0.25) is 4.79 Å². The number of piperazine rings is 1. The first-order valence-electron chi connectivity index (χ1n) is 7.68. The van der Waals surface area contributed by atoms with E-state index < -0.39 is 0 Å². The quantitative estimate of drug-likeness (QED) is 0.762. The minimum absolute atomic E-state index is 0.292. The summed E-state index contributed by atoms with van der Waals surface area (Å²) >= 11 is 0. The summed E-state index contributed by atoms with van der Waals surface area (Å²) in [6.45, 7) is 1.57. The van der Waals surface area contributed by atoms with Gasteiger partial charge in [-0.05, 0) is 61.7 Å². The third-order valence-corrected chi connectivity index (χ3v) is 6.26. The Bertz CT molecular complexity index is 340. The highest BCUT2D eigenvalue weighted by Crippen LogP contribution is 2.57.